The van der Waals surface area contributed by atoms with Crippen molar-refractivity contribution < 1.29 is 9.53 Å². The van der Waals surface area contributed by atoms with Gasteiger partial charge in [0.2, 0.25) is 0 Å². The fourth-order valence-electron chi connectivity index (χ4n) is 4.18. The number of nitrogens with zero attached hydrogens (tertiary/aromatic N) is 1. The molecule has 3 rings (SSSR count). The van der Waals surface area contributed by atoms with Crippen LogP contribution in [0.3, 0.4) is 0 Å². The summed E-state index contributed by atoms with van der Waals surface area (Å²) in [5.41, 5.74) is 14.2. The first-order chi connectivity index (χ1) is 13.5. The Morgan fingerprint density at radius 2 is 1.79 bits per heavy atom. The Bertz CT molecular complexity index is 873. The van der Waals surface area contributed by atoms with Crippen LogP contribution in [0.25, 0.3) is 0 Å². The lowest BCUT2D eigenvalue weighted by Gasteiger charge is -2.29. The standard InChI is InChI=1S/C23H27N3O2/c1-2-3-15-4-6-16(7-5-15)22-9-8-21(12-18(22)14-24)28-23(27)17-10-19(25)13-20(26)11-17/h8-13,15-16H,2-7,25-26H2,1H3. The highest BCUT2D eigenvalue weighted by atomic mass is 16.5. The van der Waals surface area contributed by atoms with Gasteiger partial charge in [-0.1, -0.05) is 25.8 Å². The third kappa shape index (κ3) is 4.64. The predicted molar refractivity (Wildman–Crippen MR) is 111 cm³/mol. The summed E-state index contributed by atoms with van der Waals surface area (Å²) in [5.74, 6) is 1.03. The van der Waals surface area contributed by atoms with Crippen LogP contribution < -0.4 is 16.2 Å². The molecule has 0 bridgehead atoms. The van der Waals surface area contributed by atoms with Crippen molar-refractivity contribution in [3.63, 3.8) is 0 Å². The predicted octanol–water partition coefficient (Wildman–Crippen LogP) is 5.02. The Morgan fingerprint density at radius 1 is 1.11 bits per heavy atom. The monoisotopic (exact) mass is 377 g/mol. The maximum atomic E-state index is 12.4. The zero-order valence-corrected chi connectivity index (χ0v) is 16.3. The highest BCUT2D eigenvalue weighted by Gasteiger charge is 2.24. The summed E-state index contributed by atoms with van der Waals surface area (Å²) in [4.78, 5) is 12.4. The molecule has 0 unspecified atom stereocenters. The molecule has 146 valence electrons. The maximum Gasteiger partial charge on any atom is 0.343 e. The van der Waals surface area contributed by atoms with Crippen LogP contribution in [0.15, 0.2) is 36.4 Å². The van der Waals surface area contributed by atoms with Crippen LogP contribution >= 0.6 is 0 Å². The van der Waals surface area contributed by atoms with E-state index in [0.29, 0.717) is 28.6 Å². The molecular weight excluding hydrogens is 350 g/mol. The van der Waals surface area contributed by atoms with Crippen molar-refractivity contribution in [2.75, 3.05) is 11.5 Å². The molecule has 28 heavy (non-hydrogen) atoms. The van der Waals surface area contributed by atoms with E-state index in [2.05, 4.69) is 13.0 Å². The van der Waals surface area contributed by atoms with Crippen LogP contribution in [-0.4, -0.2) is 5.97 Å². The number of nitrogens with two attached hydrogens (primary N) is 2. The van der Waals surface area contributed by atoms with E-state index >= 15 is 0 Å². The van der Waals surface area contributed by atoms with Gasteiger partial charge in [-0.15, -0.1) is 0 Å². The second-order valence-electron chi connectivity index (χ2n) is 7.65. The first kappa shape index (κ1) is 19.8. The van der Waals surface area contributed by atoms with Crippen molar-refractivity contribution in [2.24, 2.45) is 5.92 Å². The number of carbonyl (C=O) groups excluding carboxylic acids is 1. The highest BCUT2D eigenvalue weighted by Crippen LogP contribution is 2.39. The van der Waals surface area contributed by atoms with Crippen LogP contribution in [-0.2, 0) is 0 Å². The molecule has 1 aliphatic carbocycles. The number of hydrogen-bond acceptors (Lipinski definition) is 5. The minimum absolute atomic E-state index is 0.286. The van der Waals surface area contributed by atoms with Crippen molar-refractivity contribution in [1.29, 1.82) is 5.26 Å². The summed E-state index contributed by atoms with van der Waals surface area (Å²) in [6.45, 7) is 2.23. The minimum Gasteiger partial charge on any atom is -0.423 e. The Hall–Kier alpha value is -3.00. The average Bonchev–Trinajstić information content (AvgIpc) is 2.68. The molecule has 0 aliphatic heterocycles. The second-order valence-corrected chi connectivity index (χ2v) is 7.65. The first-order valence-corrected chi connectivity index (χ1v) is 9.92. The Morgan fingerprint density at radius 3 is 2.39 bits per heavy atom. The lowest BCUT2D eigenvalue weighted by molar-refractivity contribution is 0.0735. The van der Waals surface area contributed by atoms with E-state index in [-0.39, 0.29) is 5.56 Å². The number of benzene rings is 2. The second kappa shape index (κ2) is 8.79. The van der Waals surface area contributed by atoms with Gasteiger partial charge in [0, 0.05) is 11.4 Å². The minimum atomic E-state index is -0.546. The summed E-state index contributed by atoms with van der Waals surface area (Å²) < 4.78 is 5.44. The smallest absolute Gasteiger partial charge is 0.343 e. The highest BCUT2D eigenvalue weighted by molar-refractivity contribution is 5.93. The molecule has 2 aromatic carbocycles. The van der Waals surface area contributed by atoms with Gasteiger partial charge in [-0.05, 0) is 73.4 Å². The third-order valence-corrected chi connectivity index (χ3v) is 5.55. The molecule has 0 radical (unpaired) electrons. The van der Waals surface area contributed by atoms with E-state index in [1.54, 1.807) is 18.2 Å². The average molecular weight is 377 g/mol. The summed E-state index contributed by atoms with van der Waals surface area (Å²) in [6.07, 6.45) is 7.19. The summed E-state index contributed by atoms with van der Waals surface area (Å²) >= 11 is 0. The molecular formula is C23H27N3O2. The lowest BCUT2D eigenvalue weighted by Crippen LogP contribution is -2.14. The number of esters is 1. The first-order valence-electron chi connectivity index (χ1n) is 9.92. The van der Waals surface area contributed by atoms with Crippen molar-refractivity contribution >= 4 is 17.3 Å². The lowest BCUT2D eigenvalue weighted by atomic mass is 9.76. The van der Waals surface area contributed by atoms with E-state index in [1.807, 2.05) is 6.07 Å². The number of anilines is 2. The SMILES string of the molecule is CCCC1CCC(c2ccc(OC(=O)c3cc(N)cc(N)c3)cc2C#N)CC1. The number of carbonyl (C=O) groups is 1. The number of nitrogen functional groups attached to an aromatic ring is 2. The zero-order chi connectivity index (χ0) is 20.1. The molecule has 5 nitrogen and oxygen atoms in total. The van der Waals surface area contributed by atoms with E-state index in [0.717, 1.165) is 24.3 Å². The van der Waals surface area contributed by atoms with Gasteiger partial charge >= 0.3 is 5.97 Å². The van der Waals surface area contributed by atoms with E-state index in [4.69, 9.17) is 16.2 Å². The van der Waals surface area contributed by atoms with Gasteiger partial charge in [-0.3, -0.25) is 0 Å². The Balaban J connectivity index is 1.73. The van der Waals surface area contributed by atoms with Crippen LogP contribution in [0.5, 0.6) is 5.75 Å². The molecule has 4 N–H and O–H groups in total. The molecule has 1 saturated carbocycles. The van der Waals surface area contributed by atoms with Crippen LogP contribution in [0.4, 0.5) is 11.4 Å². The van der Waals surface area contributed by atoms with Gasteiger partial charge in [0.1, 0.15) is 5.75 Å². The molecule has 1 aliphatic rings. The quantitative estimate of drug-likeness (QED) is 0.433. The third-order valence-electron chi connectivity index (χ3n) is 5.55. The van der Waals surface area contributed by atoms with Gasteiger partial charge in [0.05, 0.1) is 17.2 Å². The number of ether oxygens (including phenoxy) is 1. The number of hydrogen-bond donors (Lipinski definition) is 2. The molecule has 1 fully saturated rings. The molecule has 2 aromatic rings. The molecule has 0 aromatic heterocycles. The van der Waals surface area contributed by atoms with Crippen LogP contribution in [0.1, 0.15) is 72.9 Å². The van der Waals surface area contributed by atoms with Gasteiger partial charge in [-0.25, -0.2) is 4.79 Å². The molecule has 0 saturated heterocycles. The topological polar surface area (TPSA) is 102 Å². The Kier molecular flexibility index (Phi) is 6.20. The molecule has 0 amide bonds. The number of nitriles is 1. The Labute approximate surface area is 166 Å². The molecule has 0 spiro atoms. The van der Waals surface area contributed by atoms with Gasteiger partial charge in [0.25, 0.3) is 0 Å². The van der Waals surface area contributed by atoms with Gasteiger partial charge in [-0.2, -0.15) is 5.26 Å². The zero-order valence-electron chi connectivity index (χ0n) is 16.3. The number of rotatable bonds is 5. The van der Waals surface area contributed by atoms with Crippen molar-refractivity contribution in [1.82, 2.24) is 0 Å². The maximum absolute atomic E-state index is 12.4. The van der Waals surface area contributed by atoms with Crippen LogP contribution in [0.2, 0.25) is 0 Å². The van der Waals surface area contributed by atoms with Crippen molar-refractivity contribution in [2.45, 2.75) is 51.4 Å². The van der Waals surface area contributed by atoms with Crippen LogP contribution in [0, 0.1) is 17.2 Å². The fourth-order valence-corrected chi connectivity index (χ4v) is 4.18. The summed E-state index contributed by atoms with van der Waals surface area (Å²) in [5, 5.41) is 9.61. The van der Waals surface area contributed by atoms with E-state index < -0.39 is 5.97 Å². The molecule has 0 heterocycles. The normalized spacial score (nSPS) is 19.0. The van der Waals surface area contributed by atoms with Gasteiger partial charge in [0.15, 0.2) is 0 Å². The van der Waals surface area contributed by atoms with E-state index in [1.165, 1.54) is 37.8 Å². The fraction of sp³-hybridized carbons (Fsp3) is 0.391. The molecule has 0 atom stereocenters. The van der Waals surface area contributed by atoms with E-state index in [9.17, 15) is 10.1 Å². The van der Waals surface area contributed by atoms with Crippen molar-refractivity contribution in [3.05, 3.63) is 53.1 Å². The van der Waals surface area contributed by atoms with Gasteiger partial charge < -0.3 is 16.2 Å². The summed E-state index contributed by atoms with van der Waals surface area (Å²) in [6, 6.07) is 12.2. The largest absolute Gasteiger partial charge is 0.423 e. The summed E-state index contributed by atoms with van der Waals surface area (Å²) in [7, 11) is 0. The molecule has 5 heteroatoms. The van der Waals surface area contributed by atoms with Crippen molar-refractivity contribution in [3.8, 4) is 11.8 Å².